The number of anilines is 3. The Morgan fingerprint density at radius 2 is 1.88 bits per heavy atom. The van der Waals surface area contributed by atoms with Crippen LogP contribution < -0.4 is 16.4 Å². The summed E-state index contributed by atoms with van der Waals surface area (Å²) in [5.74, 6) is 0.907. The molecule has 1 amide bonds. The molecule has 3 aromatic heterocycles. The van der Waals surface area contributed by atoms with Crippen LogP contribution in [-0.4, -0.2) is 20.9 Å². The molecule has 32 heavy (non-hydrogen) atoms. The van der Waals surface area contributed by atoms with E-state index < -0.39 is 0 Å². The molecule has 5 rings (SSSR count). The number of thiophene rings is 1. The van der Waals surface area contributed by atoms with Gasteiger partial charge in [0.05, 0.1) is 21.5 Å². The van der Waals surface area contributed by atoms with Crippen LogP contribution in [0.1, 0.15) is 21.5 Å². The van der Waals surface area contributed by atoms with E-state index in [1.165, 1.54) is 17.7 Å². The van der Waals surface area contributed by atoms with Gasteiger partial charge in [0.2, 0.25) is 0 Å². The summed E-state index contributed by atoms with van der Waals surface area (Å²) in [6.07, 6.45) is 3.12. The Hall–Kier alpha value is -4.04. The van der Waals surface area contributed by atoms with Crippen molar-refractivity contribution in [3.05, 3.63) is 83.1 Å². The van der Waals surface area contributed by atoms with Gasteiger partial charge in [-0.1, -0.05) is 42.5 Å². The van der Waals surface area contributed by atoms with Gasteiger partial charge in [-0.05, 0) is 24.1 Å². The first-order valence-corrected chi connectivity index (χ1v) is 10.9. The number of benzene rings is 2. The van der Waals surface area contributed by atoms with Crippen molar-refractivity contribution in [2.24, 2.45) is 0 Å². The van der Waals surface area contributed by atoms with Crippen LogP contribution >= 0.6 is 11.3 Å². The van der Waals surface area contributed by atoms with E-state index in [4.69, 9.17) is 5.73 Å². The second kappa shape index (κ2) is 8.24. The molecule has 0 spiro atoms. The second-order valence-electron chi connectivity index (χ2n) is 7.39. The lowest BCUT2D eigenvalue weighted by atomic mass is 10.0. The molecule has 0 aliphatic rings. The smallest absolute Gasteiger partial charge is 0.258 e. The molecule has 5 aromatic rings. The molecule has 0 aliphatic heterocycles. The predicted molar refractivity (Wildman–Crippen MR) is 130 cm³/mol. The monoisotopic (exact) mass is 440 g/mol. The summed E-state index contributed by atoms with van der Waals surface area (Å²) in [6, 6.07) is 16.1. The van der Waals surface area contributed by atoms with E-state index in [9.17, 15) is 4.79 Å². The number of carbonyl (C=O) groups excluding carboxylic acids is 1. The maximum atomic E-state index is 13.2. The van der Waals surface area contributed by atoms with Gasteiger partial charge in [0.1, 0.15) is 18.0 Å². The molecule has 0 atom stereocenters. The topological polar surface area (TPSA) is 106 Å². The molecule has 0 unspecified atom stereocenters. The Morgan fingerprint density at radius 1 is 1.03 bits per heavy atom. The van der Waals surface area contributed by atoms with Crippen molar-refractivity contribution < 1.29 is 4.79 Å². The van der Waals surface area contributed by atoms with Crippen LogP contribution in [0, 0.1) is 6.92 Å². The van der Waals surface area contributed by atoms with Crippen LogP contribution in [0.5, 0.6) is 0 Å². The molecule has 0 radical (unpaired) electrons. The molecule has 0 saturated heterocycles. The van der Waals surface area contributed by atoms with E-state index in [1.807, 2.05) is 43.3 Å². The van der Waals surface area contributed by atoms with Crippen LogP contribution in [-0.2, 0) is 6.54 Å². The van der Waals surface area contributed by atoms with E-state index in [-0.39, 0.29) is 5.91 Å². The number of hydrogen-bond acceptors (Lipinski definition) is 7. The lowest BCUT2D eigenvalue weighted by molar-refractivity contribution is 0.102. The van der Waals surface area contributed by atoms with Gasteiger partial charge in [0.15, 0.2) is 0 Å². The number of nitrogens with zero attached hydrogens (tertiary/aromatic N) is 3. The fraction of sp³-hybridized carbons (Fsp3) is 0.0833. The van der Waals surface area contributed by atoms with Gasteiger partial charge in [-0.3, -0.25) is 4.79 Å². The third-order valence-electron chi connectivity index (χ3n) is 5.32. The number of carbonyl (C=O) groups is 1. The average Bonchev–Trinajstić information content (AvgIpc) is 3.26. The predicted octanol–water partition coefficient (Wildman–Crippen LogP) is 4.99. The first-order chi connectivity index (χ1) is 15.6. The fourth-order valence-corrected chi connectivity index (χ4v) is 4.57. The number of hydrogen-bond donors (Lipinski definition) is 3. The minimum atomic E-state index is -0.236. The third-order valence-corrected chi connectivity index (χ3v) is 6.31. The number of pyridine rings is 1. The summed E-state index contributed by atoms with van der Waals surface area (Å²) >= 11 is 1.36. The number of rotatable bonds is 5. The van der Waals surface area contributed by atoms with Gasteiger partial charge in [0.25, 0.3) is 5.91 Å². The fourth-order valence-electron chi connectivity index (χ4n) is 3.66. The van der Waals surface area contributed by atoms with Gasteiger partial charge in [0, 0.05) is 28.9 Å². The Bertz CT molecular complexity index is 1450. The molecular formula is C24H20N6OS. The van der Waals surface area contributed by atoms with Gasteiger partial charge < -0.3 is 16.4 Å². The van der Waals surface area contributed by atoms with Crippen molar-refractivity contribution >= 4 is 55.6 Å². The van der Waals surface area contributed by atoms with Crippen molar-refractivity contribution in [2.45, 2.75) is 13.5 Å². The SMILES string of the molecule is Cc1ccc2c(NCc3ccccc3)nccc2c1NC(=O)c1csc2c(N)ncnc12. The van der Waals surface area contributed by atoms with Crippen LogP contribution in [0.4, 0.5) is 17.3 Å². The highest BCUT2D eigenvalue weighted by Crippen LogP contribution is 2.33. The molecule has 8 heteroatoms. The molecule has 0 aliphatic carbocycles. The Kier molecular flexibility index (Phi) is 5.12. The normalized spacial score (nSPS) is 11.0. The van der Waals surface area contributed by atoms with Crippen molar-refractivity contribution in [1.82, 2.24) is 15.0 Å². The summed E-state index contributed by atoms with van der Waals surface area (Å²) in [5, 5.41) is 10.1. The molecule has 0 fully saturated rings. The van der Waals surface area contributed by atoms with Crippen molar-refractivity contribution in [3.63, 3.8) is 0 Å². The number of aryl methyl sites for hydroxylation is 1. The molecule has 0 saturated carbocycles. The van der Waals surface area contributed by atoms with Crippen molar-refractivity contribution in [1.29, 1.82) is 0 Å². The van der Waals surface area contributed by atoms with E-state index >= 15 is 0 Å². The highest BCUT2D eigenvalue weighted by molar-refractivity contribution is 7.18. The largest absolute Gasteiger partial charge is 0.382 e. The van der Waals surface area contributed by atoms with E-state index in [0.29, 0.717) is 28.1 Å². The zero-order chi connectivity index (χ0) is 22.1. The Morgan fingerprint density at radius 3 is 2.72 bits per heavy atom. The molecule has 2 aromatic carbocycles. The minimum absolute atomic E-state index is 0.236. The summed E-state index contributed by atoms with van der Waals surface area (Å²) in [5.41, 5.74) is 9.83. The number of amides is 1. The summed E-state index contributed by atoms with van der Waals surface area (Å²) < 4.78 is 0.712. The first-order valence-electron chi connectivity index (χ1n) is 10.1. The van der Waals surface area contributed by atoms with Gasteiger partial charge in [-0.15, -0.1) is 11.3 Å². The van der Waals surface area contributed by atoms with E-state index in [1.54, 1.807) is 11.6 Å². The molecule has 0 bridgehead atoms. The maximum Gasteiger partial charge on any atom is 0.258 e. The molecule has 4 N–H and O–H groups in total. The maximum absolute atomic E-state index is 13.2. The van der Waals surface area contributed by atoms with Gasteiger partial charge in [-0.2, -0.15) is 0 Å². The van der Waals surface area contributed by atoms with Crippen LogP contribution in [0.3, 0.4) is 0 Å². The highest BCUT2D eigenvalue weighted by Gasteiger charge is 2.18. The highest BCUT2D eigenvalue weighted by atomic mass is 32.1. The zero-order valence-corrected chi connectivity index (χ0v) is 18.1. The molecular weight excluding hydrogens is 420 g/mol. The quantitative estimate of drug-likeness (QED) is 0.355. The van der Waals surface area contributed by atoms with E-state index in [0.717, 1.165) is 33.4 Å². The standard InChI is InChI=1S/C24H20N6OS/c1-14-7-8-17-16(9-10-26-23(17)27-11-15-5-3-2-4-6-15)19(14)30-24(31)18-12-32-21-20(18)28-13-29-22(21)25/h2-10,12-13H,11H2,1H3,(H,26,27)(H,30,31)(H2,25,28,29). The van der Waals surface area contributed by atoms with E-state index in [2.05, 4.69) is 37.7 Å². The summed E-state index contributed by atoms with van der Waals surface area (Å²) in [6.45, 7) is 2.63. The second-order valence-corrected chi connectivity index (χ2v) is 8.27. The third kappa shape index (κ3) is 3.61. The molecule has 3 heterocycles. The number of nitrogens with two attached hydrogens (primary N) is 1. The number of aromatic nitrogens is 3. The Balaban J connectivity index is 1.49. The average molecular weight is 441 g/mol. The first kappa shape index (κ1) is 19.9. The summed E-state index contributed by atoms with van der Waals surface area (Å²) in [4.78, 5) is 25.9. The number of nitrogens with one attached hydrogen (secondary N) is 2. The van der Waals surface area contributed by atoms with Crippen LogP contribution in [0.2, 0.25) is 0 Å². The molecule has 158 valence electrons. The number of nitrogen functional groups attached to an aromatic ring is 1. The van der Waals surface area contributed by atoms with Crippen molar-refractivity contribution in [2.75, 3.05) is 16.4 Å². The van der Waals surface area contributed by atoms with Gasteiger partial charge >= 0.3 is 0 Å². The van der Waals surface area contributed by atoms with Crippen molar-refractivity contribution in [3.8, 4) is 0 Å². The molecule has 7 nitrogen and oxygen atoms in total. The lowest BCUT2D eigenvalue weighted by Gasteiger charge is -2.14. The van der Waals surface area contributed by atoms with Gasteiger partial charge in [-0.25, -0.2) is 15.0 Å². The van der Waals surface area contributed by atoms with Crippen LogP contribution in [0.15, 0.2) is 66.4 Å². The Labute approximate surface area is 188 Å². The minimum Gasteiger partial charge on any atom is -0.382 e. The number of fused-ring (bicyclic) bond motifs is 2. The lowest BCUT2D eigenvalue weighted by Crippen LogP contribution is -2.13. The van der Waals surface area contributed by atoms with Crippen LogP contribution in [0.25, 0.3) is 21.0 Å². The zero-order valence-electron chi connectivity index (χ0n) is 17.3. The summed E-state index contributed by atoms with van der Waals surface area (Å²) in [7, 11) is 0.